The average Bonchev–Trinajstić information content (AvgIpc) is 1.88. The van der Waals surface area contributed by atoms with Gasteiger partial charge in [-0.05, 0) is 0 Å². The van der Waals surface area contributed by atoms with E-state index in [0.717, 1.165) is 5.56 Å². The van der Waals surface area contributed by atoms with Crippen molar-refractivity contribution in [3.63, 3.8) is 0 Å². The van der Waals surface area contributed by atoms with Gasteiger partial charge in [-0.1, -0.05) is 19.8 Å². The second kappa shape index (κ2) is 5.41. The summed E-state index contributed by atoms with van der Waals surface area (Å²) in [6.07, 6.45) is 2.67. The van der Waals surface area contributed by atoms with E-state index in [1.807, 2.05) is 13.8 Å². The van der Waals surface area contributed by atoms with E-state index in [2.05, 4.69) is 11.2 Å². The maximum absolute atomic E-state index is 10.7. The Bertz CT molecular complexity index is 267. The first kappa shape index (κ1) is 11.8. The first-order chi connectivity index (χ1) is 4.70. The molecule has 0 spiro atoms. The molecule has 0 aliphatic rings. The summed E-state index contributed by atoms with van der Waals surface area (Å²) in [5, 5.41) is 0. The Hall–Kier alpha value is 0.755. The number of aromatic amines is 1. The van der Waals surface area contributed by atoms with Gasteiger partial charge >= 0.3 is 58.2 Å². The molecule has 0 bridgehead atoms. The van der Waals surface area contributed by atoms with Crippen molar-refractivity contribution in [3.8, 4) is 0 Å². The van der Waals surface area contributed by atoms with Crippen LogP contribution >= 0.6 is 0 Å². The van der Waals surface area contributed by atoms with E-state index in [1.165, 1.54) is 0 Å². The maximum Gasteiger partial charge on any atom is 1.00 e. The summed E-state index contributed by atoms with van der Waals surface area (Å²) in [6.45, 7) is 4.09. The zero-order valence-corrected chi connectivity index (χ0v) is 12.1. The number of hydrogen-bond donors (Lipinski definition) is 1. The molecule has 3 heteroatoms. The summed E-state index contributed by atoms with van der Waals surface area (Å²) in [5.41, 5.74) is 0.954. The third-order valence-electron chi connectivity index (χ3n) is 1.40. The predicted molar refractivity (Wildman–Crippen MR) is 40.0 cm³/mol. The van der Waals surface area contributed by atoms with Crippen molar-refractivity contribution < 1.29 is 58.2 Å². The van der Waals surface area contributed by atoms with Gasteiger partial charge in [-0.25, -0.2) is 0 Å². The first-order valence-corrected chi connectivity index (χ1v) is 3.30. The molecule has 0 atom stereocenters. The van der Waals surface area contributed by atoms with E-state index in [1.54, 1.807) is 12.1 Å². The average molecular weight is 222 g/mol. The SMILES string of the molecule is CC(C)c1c[c-][nH]c(=O)c1.[Rb+]. The number of hydrogen-bond acceptors (Lipinski definition) is 1. The van der Waals surface area contributed by atoms with Gasteiger partial charge in [0.1, 0.15) is 5.56 Å². The standard InChI is InChI=1S/C8H10NO.Rb/c1-6(2)7-3-4-9-8(10)5-7;/h3,5-6H,1-2H3,(H,9,10);/q-1;+1. The van der Waals surface area contributed by atoms with Gasteiger partial charge in [0.2, 0.25) is 0 Å². The van der Waals surface area contributed by atoms with Crippen molar-refractivity contribution in [2.75, 3.05) is 0 Å². The van der Waals surface area contributed by atoms with Crippen molar-refractivity contribution in [1.82, 2.24) is 4.98 Å². The minimum atomic E-state index is -0.0776. The molecule has 0 fully saturated rings. The molecule has 54 valence electrons. The van der Waals surface area contributed by atoms with E-state index in [9.17, 15) is 4.79 Å². The monoisotopic (exact) mass is 221 g/mol. The summed E-state index contributed by atoms with van der Waals surface area (Å²) < 4.78 is 0. The Morgan fingerprint density at radius 3 is 2.55 bits per heavy atom. The van der Waals surface area contributed by atoms with Crippen LogP contribution in [0.15, 0.2) is 16.9 Å². The summed E-state index contributed by atoms with van der Waals surface area (Å²) in [7, 11) is 0. The summed E-state index contributed by atoms with van der Waals surface area (Å²) in [5.74, 6) is 0.401. The Labute approximate surface area is 115 Å². The van der Waals surface area contributed by atoms with E-state index in [-0.39, 0.29) is 63.7 Å². The van der Waals surface area contributed by atoms with Crippen molar-refractivity contribution in [2.24, 2.45) is 0 Å². The quantitative estimate of drug-likeness (QED) is 0.564. The van der Waals surface area contributed by atoms with Crippen LogP contribution in [0.3, 0.4) is 0 Å². The van der Waals surface area contributed by atoms with E-state index in [4.69, 9.17) is 0 Å². The van der Waals surface area contributed by atoms with Gasteiger partial charge < -0.3 is 9.78 Å². The fraction of sp³-hybridized carbons (Fsp3) is 0.375. The molecule has 0 aromatic carbocycles. The van der Waals surface area contributed by atoms with Crippen LogP contribution in [0, 0.1) is 6.20 Å². The second-order valence-electron chi connectivity index (χ2n) is 2.58. The second-order valence-corrected chi connectivity index (χ2v) is 2.58. The Morgan fingerprint density at radius 1 is 1.55 bits per heavy atom. The predicted octanol–water partition coefficient (Wildman–Crippen LogP) is -1.70. The first-order valence-electron chi connectivity index (χ1n) is 3.30. The van der Waals surface area contributed by atoms with Crippen LogP contribution in [-0.4, -0.2) is 4.98 Å². The van der Waals surface area contributed by atoms with Gasteiger partial charge in [0.25, 0.3) is 0 Å². The minimum Gasteiger partial charge on any atom is -0.437 e. The van der Waals surface area contributed by atoms with Crippen LogP contribution in [0.2, 0.25) is 0 Å². The molecule has 11 heavy (non-hydrogen) atoms. The van der Waals surface area contributed by atoms with Crippen molar-refractivity contribution >= 4 is 0 Å². The van der Waals surface area contributed by atoms with E-state index >= 15 is 0 Å². The minimum absolute atomic E-state index is 0. The van der Waals surface area contributed by atoms with Crippen molar-refractivity contribution in [3.05, 3.63) is 34.2 Å². The molecular weight excluding hydrogens is 212 g/mol. The van der Waals surface area contributed by atoms with Crippen molar-refractivity contribution in [2.45, 2.75) is 19.8 Å². The Balaban J connectivity index is 0.000001000. The van der Waals surface area contributed by atoms with Crippen LogP contribution in [0.5, 0.6) is 0 Å². The zero-order valence-electron chi connectivity index (χ0n) is 7.14. The number of aromatic nitrogens is 1. The van der Waals surface area contributed by atoms with Crippen LogP contribution in [0.1, 0.15) is 25.3 Å². The van der Waals surface area contributed by atoms with Gasteiger partial charge in [-0.15, -0.1) is 17.8 Å². The van der Waals surface area contributed by atoms with E-state index in [0.29, 0.717) is 5.92 Å². The van der Waals surface area contributed by atoms with Gasteiger partial charge in [-0.3, -0.25) is 0 Å². The number of rotatable bonds is 1. The van der Waals surface area contributed by atoms with Crippen LogP contribution in [-0.2, 0) is 0 Å². The molecule has 0 aliphatic carbocycles. The normalized spacial score (nSPS) is 9.36. The molecule has 0 saturated carbocycles. The summed E-state index contributed by atoms with van der Waals surface area (Å²) in [4.78, 5) is 13.2. The molecule has 0 saturated heterocycles. The van der Waals surface area contributed by atoms with Crippen LogP contribution in [0.25, 0.3) is 0 Å². The van der Waals surface area contributed by atoms with Gasteiger partial charge in [-0.2, -0.15) is 6.07 Å². The molecule has 0 unspecified atom stereocenters. The molecule has 1 aromatic rings. The smallest absolute Gasteiger partial charge is 0.437 e. The molecule has 0 radical (unpaired) electrons. The molecule has 0 aliphatic heterocycles. The van der Waals surface area contributed by atoms with Crippen LogP contribution < -0.4 is 63.7 Å². The number of nitrogens with one attached hydrogen (secondary N) is 1. The fourth-order valence-corrected chi connectivity index (χ4v) is 0.753. The molecule has 0 amide bonds. The Kier molecular flexibility index (Phi) is 5.78. The fourth-order valence-electron chi connectivity index (χ4n) is 0.753. The van der Waals surface area contributed by atoms with Crippen molar-refractivity contribution in [1.29, 1.82) is 0 Å². The number of H-pyrrole nitrogens is 1. The molecule has 2 nitrogen and oxygen atoms in total. The van der Waals surface area contributed by atoms with E-state index < -0.39 is 0 Å². The maximum atomic E-state index is 10.7. The third kappa shape index (κ3) is 3.79. The van der Waals surface area contributed by atoms with Gasteiger partial charge in [0.05, 0.1) is 0 Å². The topological polar surface area (TPSA) is 32.9 Å². The number of pyridine rings is 1. The summed E-state index contributed by atoms with van der Waals surface area (Å²) >= 11 is 0. The molecule has 1 aromatic heterocycles. The molecular formula is C8H10NORb. The summed E-state index contributed by atoms with van der Waals surface area (Å²) in [6, 6.07) is 3.40. The van der Waals surface area contributed by atoms with Gasteiger partial charge in [0.15, 0.2) is 0 Å². The van der Waals surface area contributed by atoms with Crippen LogP contribution in [0.4, 0.5) is 0 Å². The molecule has 1 rings (SSSR count). The van der Waals surface area contributed by atoms with Gasteiger partial charge in [0, 0.05) is 0 Å². The molecule has 1 heterocycles. The Morgan fingerprint density at radius 2 is 2.18 bits per heavy atom. The third-order valence-corrected chi connectivity index (χ3v) is 1.40. The largest absolute Gasteiger partial charge is 1.00 e. The zero-order chi connectivity index (χ0) is 7.56. The molecule has 1 N–H and O–H groups in total.